The number of nitrogens with two attached hydrogens (primary N) is 1. The molecule has 0 saturated heterocycles. The quantitative estimate of drug-likeness (QED) is 0.670. The Morgan fingerprint density at radius 1 is 1.32 bits per heavy atom. The normalized spacial score (nSPS) is 10.9. The summed E-state index contributed by atoms with van der Waals surface area (Å²) in [6.45, 7) is 5.33. The number of hydrogen-bond donors (Lipinski definition) is 2. The van der Waals surface area contributed by atoms with E-state index in [9.17, 15) is 14.7 Å². The van der Waals surface area contributed by atoms with Gasteiger partial charge in [0.15, 0.2) is 0 Å². The lowest BCUT2D eigenvalue weighted by Crippen LogP contribution is -2.27. The van der Waals surface area contributed by atoms with Gasteiger partial charge in [0.1, 0.15) is 17.1 Å². The van der Waals surface area contributed by atoms with Crippen molar-refractivity contribution in [1.82, 2.24) is 14.1 Å². The first-order valence-corrected chi connectivity index (χ1v) is 8.76. The second kappa shape index (κ2) is 7.22. The van der Waals surface area contributed by atoms with Crippen LogP contribution >= 0.6 is 0 Å². The number of pyridine rings is 1. The number of nitrogens with zero attached hydrogens (tertiary/aromatic N) is 3. The van der Waals surface area contributed by atoms with Crippen molar-refractivity contribution in [2.24, 2.45) is 7.05 Å². The molecule has 3 N–H and O–H groups in total. The lowest BCUT2D eigenvalue weighted by molar-refractivity contribution is 0.0527. The maximum atomic E-state index is 13.3. The molecule has 0 fully saturated rings. The van der Waals surface area contributed by atoms with Crippen molar-refractivity contribution >= 4 is 11.8 Å². The van der Waals surface area contributed by atoms with Crippen LogP contribution in [-0.2, 0) is 11.8 Å². The molecular weight excluding hydrogens is 360 g/mol. The van der Waals surface area contributed by atoms with Crippen molar-refractivity contribution in [1.29, 1.82) is 0 Å². The molecule has 0 aliphatic carbocycles. The van der Waals surface area contributed by atoms with Crippen LogP contribution in [0.25, 0.3) is 16.9 Å². The van der Waals surface area contributed by atoms with Crippen LogP contribution in [0.5, 0.6) is 5.75 Å². The third-order valence-electron chi connectivity index (χ3n) is 4.54. The fourth-order valence-electron chi connectivity index (χ4n) is 3.13. The zero-order chi connectivity index (χ0) is 20.6. The highest BCUT2D eigenvalue weighted by Crippen LogP contribution is 2.30. The van der Waals surface area contributed by atoms with Gasteiger partial charge in [-0.25, -0.2) is 9.78 Å². The smallest absolute Gasteiger partial charge is 0.341 e. The van der Waals surface area contributed by atoms with E-state index in [1.807, 2.05) is 0 Å². The van der Waals surface area contributed by atoms with E-state index in [-0.39, 0.29) is 29.3 Å². The minimum Gasteiger partial charge on any atom is -0.508 e. The molecule has 3 aromatic rings. The SMILES string of the molecule is CCOC(=O)c1cc(-c2cn(C)cn2)c(=O)n(-c2c(C)ccc(O)c2C)c1N. The van der Waals surface area contributed by atoms with E-state index >= 15 is 0 Å². The molecule has 0 spiro atoms. The molecule has 2 aromatic heterocycles. The number of aryl methyl sites for hydroxylation is 2. The number of imidazole rings is 1. The van der Waals surface area contributed by atoms with Gasteiger partial charge in [-0.05, 0) is 38.5 Å². The van der Waals surface area contributed by atoms with E-state index in [0.717, 1.165) is 5.56 Å². The maximum absolute atomic E-state index is 13.3. The average Bonchev–Trinajstić information content (AvgIpc) is 3.07. The topological polar surface area (TPSA) is 112 Å². The number of carbonyl (C=O) groups is 1. The molecule has 3 rings (SSSR count). The zero-order valence-corrected chi connectivity index (χ0v) is 16.2. The standard InChI is InChI=1S/C20H22N4O4/c1-5-28-20(27)14-8-13(15-9-23(4)10-22-15)19(26)24(18(14)21)17-11(2)6-7-16(25)12(17)3/h6-10,25H,5,21H2,1-4H3. The predicted molar refractivity (Wildman–Crippen MR) is 106 cm³/mol. The molecule has 0 aliphatic heterocycles. The largest absolute Gasteiger partial charge is 0.508 e. The summed E-state index contributed by atoms with van der Waals surface area (Å²) in [6, 6.07) is 4.63. The van der Waals surface area contributed by atoms with E-state index < -0.39 is 11.5 Å². The Labute approximate surface area is 161 Å². The van der Waals surface area contributed by atoms with Crippen LogP contribution in [0.1, 0.15) is 28.4 Å². The molecule has 0 aliphatic rings. The van der Waals surface area contributed by atoms with E-state index in [1.165, 1.54) is 10.6 Å². The molecule has 2 heterocycles. The van der Waals surface area contributed by atoms with Crippen molar-refractivity contribution in [3.05, 3.63) is 57.8 Å². The molecule has 0 saturated carbocycles. The highest BCUT2D eigenvalue weighted by molar-refractivity contribution is 5.96. The molecule has 8 heteroatoms. The second-order valence-electron chi connectivity index (χ2n) is 6.52. The van der Waals surface area contributed by atoms with Crippen LogP contribution in [0.2, 0.25) is 0 Å². The highest BCUT2D eigenvalue weighted by Gasteiger charge is 2.23. The predicted octanol–water partition coefficient (Wildman–Crippen LogP) is 2.32. The summed E-state index contributed by atoms with van der Waals surface area (Å²) in [7, 11) is 1.78. The van der Waals surface area contributed by atoms with Crippen LogP contribution in [0.4, 0.5) is 5.82 Å². The summed E-state index contributed by atoms with van der Waals surface area (Å²) in [5.74, 6) is -0.672. The van der Waals surface area contributed by atoms with Crippen LogP contribution in [0.15, 0.2) is 35.5 Å². The third kappa shape index (κ3) is 3.13. The van der Waals surface area contributed by atoms with Gasteiger partial charge < -0.3 is 20.1 Å². The molecule has 28 heavy (non-hydrogen) atoms. The monoisotopic (exact) mass is 382 g/mol. The van der Waals surface area contributed by atoms with Crippen LogP contribution in [0.3, 0.4) is 0 Å². The third-order valence-corrected chi connectivity index (χ3v) is 4.54. The molecule has 0 atom stereocenters. The number of nitrogen functional groups attached to an aromatic ring is 1. The Bertz CT molecular complexity index is 1130. The van der Waals surface area contributed by atoms with E-state index in [0.29, 0.717) is 16.9 Å². The molecule has 0 unspecified atom stereocenters. The summed E-state index contributed by atoms with van der Waals surface area (Å²) >= 11 is 0. The summed E-state index contributed by atoms with van der Waals surface area (Å²) in [4.78, 5) is 30.1. The molecule has 0 amide bonds. The lowest BCUT2D eigenvalue weighted by Gasteiger charge is -2.19. The Hall–Kier alpha value is -3.55. The highest BCUT2D eigenvalue weighted by atomic mass is 16.5. The number of rotatable bonds is 4. The van der Waals surface area contributed by atoms with Crippen molar-refractivity contribution < 1.29 is 14.6 Å². The number of benzene rings is 1. The number of aromatic nitrogens is 3. The first-order chi connectivity index (χ1) is 13.3. The average molecular weight is 382 g/mol. The summed E-state index contributed by atoms with van der Waals surface area (Å²) in [5.41, 5.74) is 8.09. The van der Waals surface area contributed by atoms with Crippen LogP contribution in [0, 0.1) is 13.8 Å². The van der Waals surface area contributed by atoms with Crippen molar-refractivity contribution in [2.45, 2.75) is 20.8 Å². The summed E-state index contributed by atoms with van der Waals surface area (Å²) < 4.78 is 8.05. The minimum atomic E-state index is -0.638. The number of hydrogen-bond acceptors (Lipinski definition) is 6. The van der Waals surface area contributed by atoms with Gasteiger partial charge in [0.2, 0.25) is 0 Å². The van der Waals surface area contributed by atoms with Gasteiger partial charge in [0.05, 0.1) is 29.9 Å². The van der Waals surface area contributed by atoms with Crippen LogP contribution < -0.4 is 11.3 Å². The number of phenols is 1. The van der Waals surface area contributed by atoms with Gasteiger partial charge in [0.25, 0.3) is 5.56 Å². The van der Waals surface area contributed by atoms with Gasteiger partial charge in [0, 0.05) is 18.8 Å². The number of phenolic OH excluding ortho intramolecular Hbond substituents is 1. The van der Waals surface area contributed by atoms with Crippen molar-refractivity contribution in [3.8, 4) is 22.7 Å². The number of esters is 1. The molecule has 8 nitrogen and oxygen atoms in total. The number of carbonyl (C=O) groups excluding carboxylic acids is 1. The van der Waals surface area contributed by atoms with Crippen molar-refractivity contribution in [2.75, 3.05) is 12.3 Å². The summed E-state index contributed by atoms with van der Waals surface area (Å²) in [5, 5.41) is 10.2. The molecule has 0 bridgehead atoms. The summed E-state index contributed by atoms with van der Waals surface area (Å²) in [6.07, 6.45) is 3.23. The fraction of sp³-hybridized carbons (Fsp3) is 0.250. The second-order valence-corrected chi connectivity index (χ2v) is 6.52. The number of aromatic hydroxyl groups is 1. The molecule has 0 radical (unpaired) electrons. The Balaban J connectivity index is 2.43. The Morgan fingerprint density at radius 2 is 2.04 bits per heavy atom. The Morgan fingerprint density at radius 3 is 2.64 bits per heavy atom. The van der Waals surface area contributed by atoms with E-state index in [2.05, 4.69) is 4.98 Å². The van der Waals surface area contributed by atoms with E-state index in [1.54, 1.807) is 57.0 Å². The van der Waals surface area contributed by atoms with Crippen LogP contribution in [-0.4, -0.2) is 31.8 Å². The minimum absolute atomic E-state index is 0.0211. The first kappa shape index (κ1) is 19.2. The fourth-order valence-corrected chi connectivity index (χ4v) is 3.13. The lowest BCUT2D eigenvalue weighted by atomic mass is 10.1. The molecule has 146 valence electrons. The van der Waals surface area contributed by atoms with Gasteiger partial charge in [-0.2, -0.15) is 0 Å². The zero-order valence-electron chi connectivity index (χ0n) is 16.2. The first-order valence-electron chi connectivity index (χ1n) is 8.76. The van der Waals surface area contributed by atoms with Gasteiger partial charge in [-0.3, -0.25) is 9.36 Å². The van der Waals surface area contributed by atoms with Crippen molar-refractivity contribution in [3.63, 3.8) is 0 Å². The van der Waals surface area contributed by atoms with E-state index in [4.69, 9.17) is 10.5 Å². The molecule has 1 aromatic carbocycles. The number of anilines is 1. The Kier molecular flexibility index (Phi) is 4.96. The van der Waals surface area contributed by atoms with Gasteiger partial charge in [-0.15, -0.1) is 0 Å². The van der Waals surface area contributed by atoms with Gasteiger partial charge >= 0.3 is 5.97 Å². The maximum Gasteiger partial charge on any atom is 0.341 e. The molecular formula is C20H22N4O4. The number of ether oxygens (including phenoxy) is 1. The van der Waals surface area contributed by atoms with Gasteiger partial charge in [-0.1, -0.05) is 6.07 Å².